The van der Waals surface area contributed by atoms with E-state index in [-0.39, 0.29) is 11.8 Å². The molecule has 6 heteroatoms. The zero-order chi connectivity index (χ0) is 16.6. The van der Waals surface area contributed by atoms with Gasteiger partial charge in [-0.3, -0.25) is 9.59 Å². The molecule has 0 N–H and O–H groups in total. The van der Waals surface area contributed by atoms with Crippen LogP contribution in [0.3, 0.4) is 0 Å². The third-order valence-corrected chi connectivity index (χ3v) is 4.70. The standard InChI is InChI=1S/C17H15BrN2O3/c1-10(9-19)23-15-8-11(6-7-14(15)18)20-16(21)12-4-2-3-5-13(12)17(20)22/h6-8,10H,2-5H2,1H3. The van der Waals surface area contributed by atoms with Gasteiger partial charge in [-0.1, -0.05) is 0 Å². The summed E-state index contributed by atoms with van der Waals surface area (Å²) in [5.41, 5.74) is 1.77. The molecule has 0 fully saturated rings. The Bertz CT molecular complexity index is 736. The molecule has 2 aliphatic rings. The van der Waals surface area contributed by atoms with E-state index in [1.165, 1.54) is 4.90 Å². The zero-order valence-corrected chi connectivity index (χ0v) is 14.2. The number of benzene rings is 1. The van der Waals surface area contributed by atoms with Crippen LogP contribution < -0.4 is 9.64 Å². The monoisotopic (exact) mass is 374 g/mol. The van der Waals surface area contributed by atoms with Gasteiger partial charge in [0, 0.05) is 17.2 Å². The fourth-order valence-corrected chi connectivity index (χ4v) is 3.25. The summed E-state index contributed by atoms with van der Waals surface area (Å²) in [7, 11) is 0. The highest BCUT2D eigenvalue weighted by atomic mass is 79.9. The molecule has 0 bridgehead atoms. The molecule has 2 amide bonds. The van der Waals surface area contributed by atoms with Gasteiger partial charge in [-0.25, -0.2) is 4.90 Å². The second-order valence-corrected chi connectivity index (χ2v) is 6.47. The molecule has 23 heavy (non-hydrogen) atoms. The highest BCUT2D eigenvalue weighted by Gasteiger charge is 2.39. The molecule has 1 unspecified atom stereocenters. The van der Waals surface area contributed by atoms with E-state index in [9.17, 15) is 9.59 Å². The van der Waals surface area contributed by atoms with E-state index in [2.05, 4.69) is 15.9 Å². The lowest BCUT2D eigenvalue weighted by Gasteiger charge is -2.17. The van der Waals surface area contributed by atoms with E-state index >= 15 is 0 Å². The van der Waals surface area contributed by atoms with Crippen molar-refractivity contribution in [1.29, 1.82) is 5.26 Å². The van der Waals surface area contributed by atoms with Crippen molar-refractivity contribution < 1.29 is 14.3 Å². The molecule has 0 radical (unpaired) electrons. The predicted octanol–water partition coefficient (Wildman–Crippen LogP) is 3.48. The maximum Gasteiger partial charge on any atom is 0.261 e. The molecule has 1 aliphatic carbocycles. The van der Waals surface area contributed by atoms with Crippen molar-refractivity contribution in [2.24, 2.45) is 0 Å². The second kappa shape index (κ2) is 6.17. The third kappa shape index (κ3) is 2.77. The SMILES string of the molecule is CC(C#N)Oc1cc(N2C(=O)C3=C(CCCC3)C2=O)ccc1Br. The molecule has 1 aromatic rings. The topological polar surface area (TPSA) is 70.4 Å². The quantitative estimate of drug-likeness (QED) is 0.759. The summed E-state index contributed by atoms with van der Waals surface area (Å²) in [6.45, 7) is 1.63. The molecular formula is C17H15BrN2O3. The first-order chi connectivity index (χ1) is 11.0. The lowest BCUT2D eigenvalue weighted by atomic mass is 9.93. The molecule has 0 saturated carbocycles. The first-order valence-corrected chi connectivity index (χ1v) is 8.29. The molecule has 1 aliphatic heterocycles. The molecule has 1 heterocycles. The van der Waals surface area contributed by atoms with E-state index in [1.807, 2.05) is 6.07 Å². The van der Waals surface area contributed by atoms with Crippen LogP contribution in [0.5, 0.6) is 5.75 Å². The number of rotatable bonds is 3. The van der Waals surface area contributed by atoms with E-state index in [1.54, 1.807) is 25.1 Å². The van der Waals surface area contributed by atoms with Crippen LogP contribution in [0.15, 0.2) is 33.8 Å². The van der Waals surface area contributed by atoms with E-state index in [0.717, 1.165) is 12.8 Å². The van der Waals surface area contributed by atoms with Gasteiger partial charge in [0.15, 0.2) is 6.10 Å². The summed E-state index contributed by atoms with van der Waals surface area (Å²) in [4.78, 5) is 26.3. The molecule has 5 nitrogen and oxygen atoms in total. The van der Waals surface area contributed by atoms with Crippen molar-refractivity contribution in [3.63, 3.8) is 0 Å². The number of hydrogen-bond acceptors (Lipinski definition) is 4. The number of nitrogens with zero attached hydrogens (tertiary/aromatic N) is 2. The van der Waals surface area contributed by atoms with Gasteiger partial charge in [-0.05, 0) is 60.7 Å². The lowest BCUT2D eigenvalue weighted by molar-refractivity contribution is -0.120. The second-order valence-electron chi connectivity index (χ2n) is 5.61. The van der Waals surface area contributed by atoms with Crippen molar-refractivity contribution >= 4 is 33.4 Å². The molecule has 0 saturated heterocycles. The Morgan fingerprint density at radius 1 is 1.22 bits per heavy atom. The van der Waals surface area contributed by atoms with Crippen molar-refractivity contribution in [3.05, 3.63) is 33.8 Å². The Labute approximate surface area is 142 Å². The van der Waals surface area contributed by atoms with Crippen LogP contribution in [-0.2, 0) is 9.59 Å². The summed E-state index contributed by atoms with van der Waals surface area (Å²) in [5, 5.41) is 8.88. The molecule has 1 atom stereocenters. The highest BCUT2D eigenvalue weighted by molar-refractivity contribution is 9.10. The van der Waals surface area contributed by atoms with Gasteiger partial charge in [0.1, 0.15) is 11.8 Å². The van der Waals surface area contributed by atoms with Crippen LogP contribution in [-0.4, -0.2) is 17.9 Å². The zero-order valence-electron chi connectivity index (χ0n) is 12.6. The van der Waals surface area contributed by atoms with Crippen molar-refractivity contribution in [1.82, 2.24) is 0 Å². The number of carbonyl (C=O) groups is 2. The normalized spacial score (nSPS) is 18.7. The Balaban J connectivity index is 1.94. The Morgan fingerprint density at radius 2 is 1.83 bits per heavy atom. The van der Waals surface area contributed by atoms with E-state index < -0.39 is 6.10 Å². The maximum absolute atomic E-state index is 12.6. The highest BCUT2D eigenvalue weighted by Crippen LogP contribution is 2.38. The predicted molar refractivity (Wildman–Crippen MR) is 87.8 cm³/mol. The fourth-order valence-electron chi connectivity index (χ4n) is 2.91. The lowest BCUT2D eigenvalue weighted by Crippen LogP contribution is -2.31. The summed E-state index contributed by atoms with van der Waals surface area (Å²) in [5.74, 6) is -0.0281. The Morgan fingerprint density at radius 3 is 2.39 bits per heavy atom. The van der Waals surface area contributed by atoms with Gasteiger partial charge in [-0.15, -0.1) is 0 Å². The molecule has 0 spiro atoms. The van der Waals surface area contributed by atoms with E-state index in [4.69, 9.17) is 10.00 Å². The van der Waals surface area contributed by atoms with Gasteiger partial charge >= 0.3 is 0 Å². The molecule has 0 aromatic heterocycles. The molecule has 1 aromatic carbocycles. The van der Waals surface area contributed by atoms with Crippen LogP contribution in [0.2, 0.25) is 0 Å². The van der Waals surface area contributed by atoms with Crippen molar-refractivity contribution in [3.8, 4) is 11.8 Å². The average molecular weight is 375 g/mol. The van der Waals surface area contributed by atoms with Gasteiger partial charge in [-0.2, -0.15) is 5.26 Å². The number of amides is 2. The summed E-state index contributed by atoms with van der Waals surface area (Å²) >= 11 is 3.35. The number of imide groups is 1. The number of nitriles is 1. The van der Waals surface area contributed by atoms with E-state index in [0.29, 0.717) is 39.9 Å². The van der Waals surface area contributed by atoms with Gasteiger partial charge in [0.2, 0.25) is 0 Å². The summed E-state index contributed by atoms with van der Waals surface area (Å²) in [6, 6.07) is 7.02. The Kier molecular flexibility index (Phi) is 4.22. The Hall–Kier alpha value is -2.13. The number of hydrogen-bond donors (Lipinski definition) is 0. The van der Waals surface area contributed by atoms with Crippen LogP contribution in [0.1, 0.15) is 32.6 Å². The molecular weight excluding hydrogens is 360 g/mol. The molecule has 3 rings (SSSR count). The third-order valence-electron chi connectivity index (χ3n) is 4.05. The van der Waals surface area contributed by atoms with Gasteiger partial charge < -0.3 is 4.74 Å². The first kappa shape index (κ1) is 15.8. The van der Waals surface area contributed by atoms with Crippen molar-refractivity contribution in [2.45, 2.75) is 38.7 Å². The minimum Gasteiger partial charge on any atom is -0.475 e. The summed E-state index contributed by atoms with van der Waals surface area (Å²) in [6.07, 6.45) is 2.60. The summed E-state index contributed by atoms with van der Waals surface area (Å²) < 4.78 is 6.18. The van der Waals surface area contributed by atoms with Crippen LogP contribution in [0, 0.1) is 11.3 Å². The minimum absolute atomic E-state index is 0.230. The number of halogens is 1. The van der Waals surface area contributed by atoms with Crippen molar-refractivity contribution in [2.75, 3.05) is 4.90 Å². The number of anilines is 1. The van der Waals surface area contributed by atoms with Gasteiger partial charge in [0.25, 0.3) is 11.8 Å². The van der Waals surface area contributed by atoms with Gasteiger partial charge in [0.05, 0.1) is 10.2 Å². The number of carbonyl (C=O) groups excluding carboxylic acids is 2. The van der Waals surface area contributed by atoms with Crippen LogP contribution >= 0.6 is 15.9 Å². The largest absolute Gasteiger partial charge is 0.475 e. The smallest absolute Gasteiger partial charge is 0.261 e. The first-order valence-electron chi connectivity index (χ1n) is 7.49. The molecule has 118 valence electrons. The average Bonchev–Trinajstić information content (AvgIpc) is 2.81. The maximum atomic E-state index is 12.6. The van der Waals surface area contributed by atoms with Crippen LogP contribution in [0.25, 0.3) is 0 Å². The minimum atomic E-state index is -0.627. The van der Waals surface area contributed by atoms with Crippen LogP contribution in [0.4, 0.5) is 5.69 Å². The fraction of sp³-hybridized carbons (Fsp3) is 0.353. The number of ether oxygens (including phenoxy) is 1.